The number of benzene rings is 1. The quantitative estimate of drug-likeness (QED) is 0.723. The zero-order chi connectivity index (χ0) is 14.2. The van der Waals surface area contributed by atoms with Crippen LogP contribution in [0.15, 0.2) is 48.8 Å². The van der Waals surface area contributed by atoms with Gasteiger partial charge in [0.1, 0.15) is 0 Å². The number of pyridine rings is 1. The zero-order valence-electron chi connectivity index (χ0n) is 11.2. The predicted molar refractivity (Wildman–Crippen MR) is 87.7 cm³/mol. The fourth-order valence-corrected chi connectivity index (χ4v) is 2.38. The van der Waals surface area contributed by atoms with Crippen LogP contribution in [-0.4, -0.2) is 16.4 Å². The average Bonchev–Trinajstić information content (AvgIpc) is 2.48. The molecule has 0 radical (unpaired) electrons. The van der Waals surface area contributed by atoms with Gasteiger partial charge in [0, 0.05) is 42.0 Å². The molecule has 3 nitrogen and oxygen atoms in total. The van der Waals surface area contributed by atoms with Crippen LogP contribution in [0.5, 0.6) is 0 Å². The monoisotopic (exact) mass is 377 g/mol. The molecule has 0 atom stereocenters. The molecule has 0 saturated heterocycles. The second-order valence-corrected chi connectivity index (χ2v) is 5.85. The lowest BCUT2D eigenvalue weighted by atomic mass is 10.2. The first-order chi connectivity index (χ1) is 9.78. The van der Waals surface area contributed by atoms with E-state index >= 15 is 0 Å². The van der Waals surface area contributed by atoms with Gasteiger partial charge < -0.3 is 0 Å². The highest BCUT2D eigenvalue weighted by molar-refractivity contribution is 14.1. The van der Waals surface area contributed by atoms with Crippen molar-refractivity contribution < 1.29 is 0 Å². The minimum atomic E-state index is 0.546. The summed E-state index contributed by atoms with van der Waals surface area (Å²) in [5, 5.41) is 8.79. The molecule has 0 amide bonds. The van der Waals surface area contributed by atoms with Crippen LogP contribution in [0.1, 0.15) is 17.5 Å². The van der Waals surface area contributed by atoms with Crippen molar-refractivity contribution in [3.05, 3.63) is 63.5 Å². The second kappa shape index (κ2) is 7.98. The number of halogens is 1. The molecule has 0 aliphatic heterocycles. The van der Waals surface area contributed by atoms with E-state index in [1.807, 2.05) is 12.3 Å². The normalized spacial score (nSPS) is 10.4. The molecule has 4 heteroatoms. The van der Waals surface area contributed by atoms with Crippen LogP contribution < -0.4 is 0 Å². The molecule has 2 aromatic rings. The summed E-state index contributed by atoms with van der Waals surface area (Å²) in [5.74, 6) is 0. The van der Waals surface area contributed by atoms with Gasteiger partial charge in [-0.2, -0.15) is 5.26 Å². The maximum Gasteiger partial charge on any atom is 0.0635 e. The van der Waals surface area contributed by atoms with E-state index in [0.29, 0.717) is 6.42 Å². The van der Waals surface area contributed by atoms with Crippen LogP contribution in [0.4, 0.5) is 0 Å². The molecule has 1 aromatic carbocycles. The number of nitriles is 1. The molecular weight excluding hydrogens is 361 g/mol. The number of aromatic nitrogens is 1. The Balaban J connectivity index is 2.03. The molecule has 0 spiro atoms. The van der Waals surface area contributed by atoms with Crippen molar-refractivity contribution in [1.29, 1.82) is 5.26 Å². The fourth-order valence-electron chi connectivity index (χ4n) is 2.02. The van der Waals surface area contributed by atoms with Gasteiger partial charge in [0.2, 0.25) is 0 Å². The van der Waals surface area contributed by atoms with Crippen molar-refractivity contribution in [3.63, 3.8) is 0 Å². The first-order valence-electron chi connectivity index (χ1n) is 6.50. The molecule has 2 rings (SSSR count). The Kier molecular flexibility index (Phi) is 5.96. The molecule has 0 bridgehead atoms. The summed E-state index contributed by atoms with van der Waals surface area (Å²) in [5.41, 5.74) is 2.45. The third kappa shape index (κ3) is 4.91. The summed E-state index contributed by atoms with van der Waals surface area (Å²) < 4.78 is 1.24. The maximum atomic E-state index is 8.79. The largest absolute Gasteiger partial charge is 0.294 e. The van der Waals surface area contributed by atoms with Crippen molar-refractivity contribution in [1.82, 2.24) is 9.88 Å². The van der Waals surface area contributed by atoms with Crippen molar-refractivity contribution in [2.45, 2.75) is 19.5 Å². The lowest BCUT2D eigenvalue weighted by Gasteiger charge is -2.21. The third-order valence-electron chi connectivity index (χ3n) is 2.99. The number of hydrogen-bond acceptors (Lipinski definition) is 3. The molecule has 1 aromatic heterocycles. The molecule has 0 fully saturated rings. The van der Waals surface area contributed by atoms with Gasteiger partial charge in [0.05, 0.1) is 6.07 Å². The molecule has 0 saturated carbocycles. The third-order valence-corrected chi connectivity index (χ3v) is 3.71. The summed E-state index contributed by atoms with van der Waals surface area (Å²) in [4.78, 5) is 6.42. The number of nitrogens with zero attached hydrogens (tertiary/aromatic N) is 3. The minimum absolute atomic E-state index is 0.546. The molecule has 0 aliphatic carbocycles. The van der Waals surface area contributed by atoms with E-state index in [1.165, 1.54) is 14.7 Å². The SMILES string of the molecule is N#CCCN(Cc1ccc(I)cc1)Cc1cccnc1. The maximum absolute atomic E-state index is 8.79. The van der Waals surface area contributed by atoms with E-state index in [-0.39, 0.29) is 0 Å². The van der Waals surface area contributed by atoms with E-state index in [9.17, 15) is 0 Å². The first kappa shape index (κ1) is 14.9. The molecule has 102 valence electrons. The summed E-state index contributed by atoms with van der Waals surface area (Å²) in [6.45, 7) is 2.45. The zero-order valence-corrected chi connectivity index (χ0v) is 13.3. The number of rotatable bonds is 6. The van der Waals surface area contributed by atoms with Gasteiger partial charge >= 0.3 is 0 Å². The lowest BCUT2D eigenvalue weighted by Crippen LogP contribution is -2.23. The van der Waals surface area contributed by atoms with Crippen LogP contribution in [0, 0.1) is 14.9 Å². The van der Waals surface area contributed by atoms with E-state index in [1.54, 1.807) is 6.20 Å². The van der Waals surface area contributed by atoms with Crippen LogP contribution in [-0.2, 0) is 13.1 Å². The van der Waals surface area contributed by atoms with Gasteiger partial charge in [0.15, 0.2) is 0 Å². The van der Waals surface area contributed by atoms with Crippen LogP contribution in [0.2, 0.25) is 0 Å². The van der Waals surface area contributed by atoms with E-state index in [0.717, 1.165) is 19.6 Å². The fraction of sp³-hybridized carbons (Fsp3) is 0.250. The Labute approximate surface area is 133 Å². The molecule has 1 heterocycles. The van der Waals surface area contributed by atoms with E-state index in [2.05, 4.69) is 68.9 Å². The van der Waals surface area contributed by atoms with Gasteiger partial charge in [-0.15, -0.1) is 0 Å². The Morgan fingerprint density at radius 1 is 1.10 bits per heavy atom. The first-order valence-corrected chi connectivity index (χ1v) is 7.58. The van der Waals surface area contributed by atoms with Crippen LogP contribution in [0.25, 0.3) is 0 Å². The summed E-state index contributed by atoms with van der Waals surface area (Å²) >= 11 is 2.31. The number of hydrogen-bond donors (Lipinski definition) is 0. The van der Waals surface area contributed by atoms with Crippen molar-refractivity contribution >= 4 is 22.6 Å². The van der Waals surface area contributed by atoms with Crippen LogP contribution >= 0.6 is 22.6 Å². The Hall–Kier alpha value is -1.45. The van der Waals surface area contributed by atoms with Crippen molar-refractivity contribution in [2.24, 2.45) is 0 Å². The highest BCUT2D eigenvalue weighted by atomic mass is 127. The Bertz CT molecular complexity index is 561. The van der Waals surface area contributed by atoms with Gasteiger partial charge in [-0.3, -0.25) is 9.88 Å². The summed E-state index contributed by atoms with van der Waals surface area (Å²) in [7, 11) is 0. The molecular formula is C16H16IN3. The summed E-state index contributed by atoms with van der Waals surface area (Å²) in [6, 6.07) is 14.8. The molecule has 0 N–H and O–H groups in total. The van der Waals surface area contributed by atoms with E-state index in [4.69, 9.17) is 5.26 Å². The lowest BCUT2D eigenvalue weighted by molar-refractivity contribution is 0.262. The van der Waals surface area contributed by atoms with E-state index < -0.39 is 0 Å². The predicted octanol–water partition coefficient (Wildman–Crippen LogP) is 3.60. The topological polar surface area (TPSA) is 39.9 Å². The van der Waals surface area contributed by atoms with Crippen molar-refractivity contribution in [2.75, 3.05) is 6.54 Å². The highest BCUT2D eigenvalue weighted by Gasteiger charge is 2.07. The second-order valence-electron chi connectivity index (χ2n) is 4.61. The minimum Gasteiger partial charge on any atom is -0.294 e. The highest BCUT2D eigenvalue weighted by Crippen LogP contribution is 2.12. The standard InChI is InChI=1S/C16H16IN3/c17-16-6-4-14(5-7-16)12-20(10-2-8-18)13-15-3-1-9-19-11-15/h1,3-7,9,11H,2,10,12-13H2. The smallest absolute Gasteiger partial charge is 0.0635 e. The van der Waals surface area contributed by atoms with Gasteiger partial charge in [-0.1, -0.05) is 18.2 Å². The Morgan fingerprint density at radius 3 is 2.50 bits per heavy atom. The van der Waals surface area contributed by atoms with Crippen molar-refractivity contribution in [3.8, 4) is 6.07 Å². The molecule has 0 aliphatic rings. The average molecular weight is 377 g/mol. The van der Waals surface area contributed by atoms with Gasteiger partial charge in [0.25, 0.3) is 0 Å². The molecule has 20 heavy (non-hydrogen) atoms. The Morgan fingerprint density at radius 2 is 1.85 bits per heavy atom. The van der Waals surface area contributed by atoms with Crippen LogP contribution in [0.3, 0.4) is 0 Å². The summed E-state index contributed by atoms with van der Waals surface area (Å²) in [6.07, 6.45) is 4.21. The molecule has 0 unspecified atom stereocenters. The van der Waals surface area contributed by atoms with Gasteiger partial charge in [-0.05, 0) is 51.9 Å². The van der Waals surface area contributed by atoms with Gasteiger partial charge in [-0.25, -0.2) is 0 Å².